The molecule has 3 rings (SSSR count). The predicted molar refractivity (Wildman–Crippen MR) is 130 cm³/mol. The normalized spacial score (nSPS) is 12.5. The molecular weight excluding hydrogens is 368 g/mol. The average Bonchev–Trinajstić information content (AvgIpc) is 2.68. The van der Waals surface area contributed by atoms with E-state index in [1.807, 2.05) is 0 Å². The lowest BCUT2D eigenvalue weighted by atomic mass is 9.91. The van der Waals surface area contributed by atoms with Crippen molar-refractivity contribution >= 4 is 19.1 Å². The largest absolute Gasteiger partial charge is 0.412 e. The van der Waals surface area contributed by atoms with Crippen LogP contribution in [-0.4, -0.2) is 8.32 Å². The van der Waals surface area contributed by atoms with Crippen LogP contribution in [0.25, 0.3) is 21.9 Å². The first-order valence-corrected chi connectivity index (χ1v) is 13.1. The highest BCUT2D eigenvalue weighted by molar-refractivity contribution is 6.77. The summed E-state index contributed by atoms with van der Waals surface area (Å²) in [7, 11) is -1.92. The van der Waals surface area contributed by atoms with Crippen molar-refractivity contribution in [3.63, 3.8) is 0 Å². The van der Waals surface area contributed by atoms with Crippen LogP contribution in [0, 0.1) is 6.92 Å². The van der Waals surface area contributed by atoms with Gasteiger partial charge in [0.1, 0.15) is 0 Å². The molecule has 3 aromatic carbocycles. The van der Waals surface area contributed by atoms with Gasteiger partial charge in [-0.05, 0) is 56.6 Å². The zero-order chi connectivity index (χ0) is 21.2. The van der Waals surface area contributed by atoms with Crippen molar-refractivity contribution < 1.29 is 4.43 Å². The van der Waals surface area contributed by atoms with Crippen molar-refractivity contribution in [2.45, 2.75) is 71.7 Å². The van der Waals surface area contributed by atoms with Gasteiger partial charge in [-0.3, -0.25) is 0 Å². The Morgan fingerprint density at radius 3 is 1.93 bits per heavy atom. The summed E-state index contributed by atoms with van der Waals surface area (Å²) in [5, 5.41) is 2.60. The monoisotopic (exact) mass is 404 g/mol. The van der Waals surface area contributed by atoms with Crippen LogP contribution in [0.1, 0.15) is 52.7 Å². The van der Waals surface area contributed by atoms with E-state index in [-0.39, 0.29) is 0 Å². The van der Waals surface area contributed by atoms with E-state index in [1.54, 1.807) is 0 Å². The first-order valence-electron chi connectivity index (χ1n) is 11.0. The summed E-state index contributed by atoms with van der Waals surface area (Å²) in [4.78, 5) is 0. The zero-order valence-corrected chi connectivity index (χ0v) is 20.1. The van der Waals surface area contributed by atoms with Crippen LogP contribution in [0.4, 0.5) is 0 Å². The molecule has 0 radical (unpaired) electrons. The van der Waals surface area contributed by atoms with E-state index in [2.05, 4.69) is 109 Å². The Balaban J connectivity index is 2.13. The SMILES string of the molecule is Cc1ccccc1-c1c(CO[Si](C(C)C)(C(C)C)C(C)C)ccc2ccccc12. The van der Waals surface area contributed by atoms with Gasteiger partial charge in [0.05, 0.1) is 6.61 Å². The Morgan fingerprint density at radius 2 is 1.31 bits per heavy atom. The fourth-order valence-corrected chi connectivity index (χ4v) is 10.7. The Bertz CT molecular complexity index is 949. The molecule has 0 saturated carbocycles. The Labute approximate surface area is 178 Å². The van der Waals surface area contributed by atoms with Gasteiger partial charge < -0.3 is 4.43 Å². The molecule has 0 fully saturated rings. The minimum atomic E-state index is -1.92. The lowest BCUT2D eigenvalue weighted by Gasteiger charge is -2.42. The maximum absolute atomic E-state index is 6.99. The van der Waals surface area contributed by atoms with Gasteiger partial charge in [0, 0.05) is 0 Å². The summed E-state index contributed by atoms with van der Waals surface area (Å²) in [5.74, 6) is 0. The van der Waals surface area contributed by atoms with Crippen LogP contribution in [0.3, 0.4) is 0 Å². The van der Waals surface area contributed by atoms with Crippen molar-refractivity contribution in [1.82, 2.24) is 0 Å². The lowest BCUT2D eigenvalue weighted by Crippen LogP contribution is -2.47. The highest BCUT2D eigenvalue weighted by Gasteiger charge is 2.45. The van der Waals surface area contributed by atoms with E-state index in [0.29, 0.717) is 23.2 Å². The Morgan fingerprint density at radius 1 is 0.724 bits per heavy atom. The van der Waals surface area contributed by atoms with Crippen LogP contribution in [-0.2, 0) is 11.0 Å². The van der Waals surface area contributed by atoms with Gasteiger partial charge in [0.15, 0.2) is 0 Å². The summed E-state index contributed by atoms with van der Waals surface area (Å²) in [5.41, 5.74) is 7.02. The highest BCUT2D eigenvalue weighted by Crippen LogP contribution is 2.43. The maximum atomic E-state index is 6.99. The summed E-state index contributed by atoms with van der Waals surface area (Å²) in [6.07, 6.45) is 0. The van der Waals surface area contributed by atoms with Crippen LogP contribution >= 0.6 is 0 Å². The molecule has 0 aliphatic rings. The van der Waals surface area contributed by atoms with Gasteiger partial charge in [-0.25, -0.2) is 0 Å². The average molecular weight is 405 g/mol. The van der Waals surface area contributed by atoms with E-state index in [4.69, 9.17) is 4.43 Å². The number of hydrogen-bond acceptors (Lipinski definition) is 1. The molecule has 0 saturated heterocycles. The molecule has 154 valence electrons. The number of benzene rings is 3. The van der Waals surface area contributed by atoms with E-state index in [1.165, 1.54) is 33.0 Å². The molecule has 0 aromatic heterocycles. The van der Waals surface area contributed by atoms with E-state index in [9.17, 15) is 0 Å². The van der Waals surface area contributed by atoms with Crippen LogP contribution in [0.2, 0.25) is 16.6 Å². The molecule has 1 nitrogen and oxygen atoms in total. The molecule has 0 bridgehead atoms. The summed E-state index contributed by atoms with van der Waals surface area (Å²) >= 11 is 0. The first-order chi connectivity index (χ1) is 13.8. The minimum absolute atomic E-state index is 0.588. The standard InChI is InChI=1S/C27H36OSi/c1-19(2)29(20(3)4,21(5)6)28-18-24-17-16-23-13-9-11-15-26(23)27(24)25-14-10-8-12-22(25)7/h8-17,19-21H,18H2,1-7H3. The number of fused-ring (bicyclic) bond motifs is 1. The first kappa shape index (κ1) is 21.8. The van der Waals surface area contributed by atoms with Crippen molar-refractivity contribution in [3.05, 3.63) is 71.8 Å². The molecule has 0 aliphatic carbocycles. The van der Waals surface area contributed by atoms with Gasteiger partial charge >= 0.3 is 0 Å². The van der Waals surface area contributed by atoms with Gasteiger partial charge in [-0.2, -0.15) is 0 Å². The molecule has 0 unspecified atom stereocenters. The molecule has 0 heterocycles. The fraction of sp³-hybridized carbons (Fsp3) is 0.407. The maximum Gasteiger partial charge on any atom is 0.200 e. The molecule has 0 atom stereocenters. The smallest absolute Gasteiger partial charge is 0.200 e. The second-order valence-corrected chi connectivity index (χ2v) is 14.7. The Hall–Kier alpha value is -1.90. The van der Waals surface area contributed by atoms with Crippen molar-refractivity contribution in [2.75, 3.05) is 0 Å². The molecule has 0 amide bonds. The van der Waals surface area contributed by atoms with Gasteiger partial charge in [-0.1, -0.05) is 102 Å². The quantitative estimate of drug-likeness (QED) is 0.359. The predicted octanol–water partition coefficient (Wildman–Crippen LogP) is 8.51. The van der Waals surface area contributed by atoms with Gasteiger partial charge in [-0.15, -0.1) is 0 Å². The van der Waals surface area contributed by atoms with Crippen LogP contribution < -0.4 is 0 Å². The topological polar surface area (TPSA) is 9.23 Å². The van der Waals surface area contributed by atoms with Gasteiger partial charge in [0.25, 0.3) is 0 Å². The molecule has 29 heavy (non-hydrogen) atoms. The molecule has 0 N–H and O–H groups in total. The molecule has 0 spiro atoms. The molecule has 2 heteroatoms. The Kier molecular flexibility index (Phi) is 6.65. The fourth-order valence-electron chi connectivity index (χ4n) is 5.31. The minimum Gasteiger partial charge on any atom is -0.412 e. The third-order valence-electron chi connectivity index (χ3n) is 6.61. The number of rotatable bonds is 7. The molecule has 3 aromatic rings. The lowest BCUT2D eigenvalue weighted by molar-refractivity contribution is 0.266. The third-order valence-corrected chi connectivity index (χ3v) is 12.7. The van der Waals surface area contributed by atoms with Crippen LogP contribution in [0.5, 0.6) is 0 Å². The summed E-state index contributed by atoms with van der Waals surface area (Å²) < 4.78 is 6.99. The van der Waals surface area contributed by atoms with Gasteiger partial charge in [0.2, 0.25) is 8.32 Å². The molecule has 0 aliphatic heterocycles. The second-order valence-electron chi connectivity index (χ2n) is 9.24. The summed E-state index contributed by atoms with van der Waals surface area (Å²) in [6, 6.07) is 22.0. The molecular formula is C27H36OSi. The van der Waals surface area contributed by atoms with Crippen molar-refractivity contribution in [3.8, 4) is 11.1 Å². The van der Waals surface area contributed by atoms with E-state index < -0.39 is 8.32 Å². The highest BCUT2D eigenvalue weighted by atomic mass is 28.4. The van der Waals surface area contributed by atoms with Crippen LogP contribution in [0.15, 0.2) is 60.7 Å². The summed E-state index contributed by atoms with van der Waals surface area (Å²) in [6.45, 7) is 17.0. The van der Waals surface area contributed by atoms with Crippen molar-refractivity contribution in [2.24, 2.45) is 0 Å². The van der Waals surface area contributed by atoms with E-state index in [0.717, 1.165) is 0 Å². The van der Waals surface area contributed by atoms with Crippen molar-refractivity contribution in [1.29, 1.82) is 0 Å². The second kappa shape index (κ2) is 8.85. The zero-order valence-electron chi connectivity index (χ0n) is 19.1. The van der Waals surface area contributed by atoms with E-state index >= 15 is 0 Å². The number of hydrogen-bond donors (Lipinski definition) is 0. The third kappa shape index (κ3) is 4.06. The number of aryl methyl sites for hydroxylation is 1.